The molecule has 284 valence electrons. The highest BCUT2D eigenvalue weighted by Gasteiger charge is 2.46. The van der Waals surface area contributed by atoms with Crippen molar-refractivity contribution >= 4 is 44.6 Å². The second-order valence-electron chi connectivity index (χ2n) is 16.5. The van der Waals surface area contributed by atoms with Crippen molar-refractivity contribution in [2.45, 2.75) is 25.2 Å². The molecule has 0 saturated carbocycles. The van der Waals surface area contributed by atoms with Gasteiger partial charge in [-0.3, -0.25) is 0 Å². The Morgan fingerprint density at radius 3 is 1.81 bits per heavy atom. The van der Waals surface area contributed by atoms with Crippen molar-refractivity contribution in [1.82, 2.24) is 0 Å². The van der Waals surface area contributed by atoms with E-state index < -0.39 is 5.41 Å². The van der Waals surface area contributed by atoms with Crippen LogP contribution in [0.15, 0.2) is 206 Å². The lowest BCUT2D eigenvalue weighted by Gasteiger charge is -2.36. The third kappa shape index (κ3) is 5.73. The highest BCUT2D eigenvalue weighted by molar-refractivity contribution is 7.20. The largest absolute Gasteiger partial charge is 0.310 e. The van der Waals surface area contributed by atoms with Crippen LogP contribution in [-0.2, 0) is 5.41 Å². The van der Waals surface area contributed by atoms with E-state index in [1.807, 2.05) is 11.3 Å². The molecule has 4 unspecified atom stereocenters. The summed E-state index contributed by atoms with van der Waals surface area (Å²) in [6, 6.07) is 65.5. The van der Waals surface area contributed by atoms with E-state index in [1.165, 1.54) is 70.7 Å². The van der Waals surface area contributed by atoms with E-state index in [2.05, 4.69) is 231 Å². The summed E-state index contributed by atoms with van der Waals surface area (Å²) in [4.78, 5) is 3.89. The standard InChI is InChI=1S/C57H45NS/c1-38-16-12-13-23-47(38)55-39(2)26-34-54-56(55)50-36-45(32-35-53(50)59-54)58(44-29-27-41(28-30-44)40-17-6-3-7-18-40)46-31-33-49-48-24-14-15-25-51(48)57(52(49)37-46,42-19-8-4-9-20-42)43-21-10-5-11-22-43/h3-39,47,55H,1-2H3. The molecule has 2 heteroatoms. The summed E-state index contributed by atoms with van der Waals surface area (Å²) < 4.78 is 1.35. The van der Waals surface area contributed by atoms with E-state index in [4.69, 9.17) is 0 Å². The number of nitrogens with zero attached hydrogens (tertiary/aromatic N) is 1. The molecule has 1 aromatic heterocycles. The van der Waals surface area contributed by atoms with Crippen LogP contribution in [0.4, 0.5) is 17.1 Å². The van der Waals surface area contributed by atoms with Crippen LogP contribution in [0.5, 0.6) is 0 Å². The van der Waals surface area contributed by atoms with Crippen LogP contribution in [0.2, 0.25) is 0 Å². The van der Waals surface area contributed by atoms with Crippen molar-refractivity contribution in [3.63, 3.8) is 0 Å². The molecule has 1 heterocycles. The van der Waals surface area contributed by atoms with E-state index in [9.17, 15) is 0 Å². The molecule has 11 rings (SSSR count). The van der Waals surface area contributed by atoms with Gasteiger partial charge < -0.3 is 4.90 Å². The van der Waals surface area contributed by atoms with Gasteiger partial charge in [0, 0.05) is 26.6 Å². The van der Waals surface area contributed by atoms with Gasteiger partial charge in [0.1, 0.15) is 0 Å². The van der Waals surface area contributed by atoms with Gasteiger partial charge >= 0.3 is 0 Å². The van der Waals surface area contributed by atoms with Crippen LogP contribution >= 0.6 is 11.3 Å². The van der Waals surface area contributed by atoms with Crippen molar-refractivity contribution in [3.8, 4) is 22.3 Å². The molecule has 0 radical (unpaired) electrons. The molecule has 0 fully saturated rings. The zero-order valence-corrected chi connectivity index (χ0v) is 34.2. The number of thiophene rings is 1. The van der Waals surface area contributed by atoms with Gasteiger partial charge in [-0.05, 0) is 128 Å². The topological polar surface area (TPSA) is 3.24 Å². The molecule has 3 aliphatic carbocycles. The Morgan fingerprint density at radius 1 is 0.492 bits per heavy atom. The number of hydrogen-bond donors (Lipinski definition) is 0. The lowest BCUT2D eigenvalue weighted by atomic mass is 9.67. The highest BCUT2D eigenvalue weighted by Crippen LogP contribution is 2.58. The SMILES string of the molecule is CC1C=CC=CC1C1c2c(sc3ccc(N(c4ccc(-c5ccccc5)cc4)c4ccc5c(c4)C(c4ccccc4)(c4ccccc4)c4ccccc4-5)cc23)C=CC1C. The summed E-state index contributed by atoms with van der Waals surface area (Å²) in [6.07, 6.45) is 14.1. The summed E-state index contributed by atoms with van der Waals surface area (Å²) in [7, 11) is 0. The zero-order valence-electron chi connectivity index (χ0n) is 33.4. The van der Waals surface area contributed by atoms with Gasteiger partial charge in [0.15, 0.2) is 0 Å². The molecule has 0 N–H and O–H groups in total. The Hall–Kier alpha value is -6.48. The number of rotatable bonds is 7. The lowest BCUT2D eigenvalue weighted by molar-refractivity contribution is 0.360. The van der Waals surface area contributed by atoms with Gasteiger partial charge in [-0.1, -0.05) is 178 Å². The Balaban J connectivity index is 1.14. The van der Waals surface area contributed by atoms with Gasteiger partial charge in [-0.15, -0.1) is 11.3 Å². The minimum atomic E-state index is -0.488. The summed E-state index contributed by atoms with van der Waals surface area (Å²) in [5, 5.41) is 1.38. The van der Waals surface area contributed by atoms with Gasteiger partial charge in [0.25, 0.3) is 0 Å². The van der Waals surface area contributed by atoms with E-state index in [1.54, 1.807) is 0 Å². The predicted molar refractivity (Wildman–Crippen MR) is 251 cm³/mol. The van der Waals surface area contributed by atoms with E-state index in [0.717, 1.165) is 11.4 Å². The van der Waals surface area contributed by atoms with Gasteiger partial charge in [-0.25, -0.2) is 0 Å². The molecule has 7 aromatic carbocycles. The Bertz CT molecular complexity index is 2880. The first kappa shape index (κ1) is 35.7. The van der Waals surface area contributed by atoms with Gasteiger partial charge in [0.2, 0.25) is 0 Å². The fourth-order valence-electron chi connectivity index (χ4n) is 10.5. The average molecular weight is 776 g/mol. The number of benzene rings is 7. The molecular formula is C57H45NS. The maximum atomic E-state index is 2.49. The first-order valence-electron chi connectivity index (χ1n) is 21.0. The van der Waals surface area contributed by atoms with E-state index >= 15 is 0 Å². The van der Waals surface area contributed by atoms with Gasteiger partial charge in [-0.2, -0.15) is 0 Å². The number of fused-ring (bicyclic) bond motifs is 6. The molecule has 1 nitrogen and oxygen atoms in total. The molecule has 0 bridgehead atoms. The lowest BCUT2D eigenvalue weighted by Crippen LogP contribution is -2.28. The first-order valence-corrected chi connectivity index (χ1v) is 21.8. The molecule has 0 saturated heterocycles. The number of allylic oxidation sites excluding steroid dienone is 5. The van der Waals surface area contributed by atoms with Crippen molar-refractivity contribution < 1.29 is 0 Å². The summed E-state index contributed by atoms with van der Waals surface area (Å²) in [5.41, 5.74) is 14.6. The van der Waals surface area contributed by atoms with Crippen LogP contribution in [0.25, 0.3) is 38.4 Å². The quantitative estimate of drug-likeness (QED) is 0.156. The Morgan fingerprint density at radius 2 is 1.08 bits per heavy atom. The molecule has 4 atom stereocenters. The first-order chi connectivity index (χ1) is 29.1. The smallest absolute Gasteiger partial charge is 0.0714 e. The average Bonchev–Trinajstić information content (AvgIpc) is 3.81. The van der Waals surface area contributed by atoms with Crippen LogP contribution in [0, 0.1) is 17.8 Å². The second kappa shape index (κ2) is 14.4. The van der Waals surface area contributed by atoms with Crippen molar-refractivity contribution in [3.05, 3.63) is 239 Å². The maximum absolute atomic E-state index is 2.49. The maximum Gasteiger partial charge on any atom is 0.0714 e. The Kier molecular flexibility index (Phi) is 8.71. The van der Waals surface area contributed by atoms with Crippen LogP contribution in [-0.4, -0.2) is 0 Å². The molecule has 3 aliphatic rings. The Labute approximate surface area is 352 Å². The fraction of sp³-hybridized carbons (Fsp3) is 0.123. The minimum absolute atomic E-state index is 0.407. The normalized spacial score (nSPS) is 19.6. The molecule has 0 spiro atoms. The van der Waals surface area contributed by atoms with Crippen LogP contribution in [0.3, 0.4) is 0 Å². The van der Waals surface area contributed by atoms with Crippen LogP contribution in [0.1, 0.15) is 52.5 Å². The fourth-order valence-corrected chi connectivity index (χ4v) is 11.7. The van der Waals surface area contributed by atoms with Crippen molar-refractivity contribution in [2.24, 2.45) is 17.8 Å². The van der Waals surface area contributed by atoms with E-state index in [-0.39, 0.29) is 0 Å². The van der Waals surface area contributed by atoms with Gasteiger partial charge in [0.05, 0.1) is 5.41 Å². The summed E-state index contributed by atoms with van der Waals surface area (Å²) in [6.45, 7) is 4.79. The predicted octanol–water partition coefficient (Wildman–Crippen LogP) is 15.5. The summed E-state index contributed by atoms with van der Waals surface area (Å²) >= 11 is 1.94. The second-order valence-corrected chi connectivity index (χ2v) is 17.6. The highest BCUT2D eigenvalue weighted by atomic mass is 32.1. The summed E-state index contributed by atoms with van der Waals surface area (Å²) in [5.74, 6) is 1.78. The molecule has 59 heavy (non-hydrogen) atoms. The minimum Gasteiger partial charge on any atom is -0.310 e. The monoisotopic (exact) mass is 775 g/mol. The van der Waals surface area contributed by atoms with Crippen LogP contribution < -0.4 is 4.90 Å². The van der Waals surface area contributed by atoms with E-state index in [0.29, 0.717) is 23.7 Å². The van der Waals surface area contributed by atoms with Crippen molar-refractivity contribution in [2.75, 3.05) is 4.90 Å². The molecule has 0 amide bonds. The number of hydrogen-bond acceptors (Lipinski definition) is 2. The molecule has 8 aromatic rings. The van der Waals surface area contributed by atoms with Crippen molar-refractivity contribution in [1.29, 1.82) is 0 Å². The third-order valence-electron chi connectivity index (χ3n) is 13.3. The molecule has 0 aliphatic heterocycles. The third-order valence-corrected chi connectivity index (χ3v) is 14.4. The number of anilines is 3. The molecular weight excluding hydrogens is 731 g/mol. The zero-order chi connectivity index (χ0) is 39.5.